The molecule has 20 N–H and O–H groups in total. The average Bonchev–Trinajstić information content (AvgIpc) is 3.76. The highest BCUT2D eigenvalue weighted by atomic mass is 16.2. The Hall–Kier alpha value is -8.29. The molecule has 0 spiro atoms. The van der Waals surface area contributed by atoms with Gasteiger partial charge in [0, 0.05) is 56.5 Å². The number of hydrogen-bond acceptors (Lipinski definition) is 12. The maximum absolute atomic E-state index is 14.5. The third-order valence-corrected chi connectivity index (χ3v) is 11.9. The molecule has 2 aromatic carbocycles. The second-order valence-electron chi connectivity index (χ2n) is 17.8. The number of carbonyl (C=O) groups excluding carboxylic acids is 10. The molecule has 11 amide bonds. The molecule has 2 heterocycles. The summed E-state index contributed by atoms with van der Waals surface area (Å²) in [5.41, 5.74) is 30.0. The molecule has 0 bridgehead atoms. The lowest BCUT2D eigenvalue weighted by Crippen LogP contribution is -2.61. The Balaban J connectivity index is 1.75. The van der Waals surface area contributed by atoms with E-state index in [1.165, 1.54) is 6.92 Å². The molecule has 26 nitrogen and oxygen atoms in total. The van der Waals surface area contributed by atoms with E-state index in [1.54, 1.807) is 36.5 Å². The van der Waals surface area contributed by atoms with Crippen LogP contribution in [-0.4, -0.2) is 139 Å². The van der Waals surface area contributed by atoms with Gasteiger partial charge in [-0.25, -0.2) is 4.79 Å². The zero-order valence-corrected chi connectivity index (χ0v) is 41.3. The number of nitrogens with one attached hydrogen (secondary N) is 10. The monoisotopic (exact) mass is 1030 g/mol. The molecule has 1 aliphatic heterocycles. The summed E-state index contributed by atoms with van der Waals surface area (Å²) in [7, 11) is 0. The Morgan fingerprint density at radius 3 is 2.01 bits per heavy atom. The van der Waals surface area contributed by atoms with Gasteiger partial charge in [0.15, 0.2) is 5.96 Å². The number of amides is 11. The second kappa shape index (κ2) is 29.9. The van der Waals surface area contributed by atoms with E-state index in [4.69, 9.17) is 28.7 Å². The molecule has 0 saturated carbocycles. The third-order valence-electron chi connectivity index (χ3n) is 11.9. The number of hydrogen-bond donors (Lipinski definition) is 15. The summed E-state index contributed by atoms with van der Waals surface area (Å²) in [6, 6.07) is 5.39. The normalized spacial score (nSPS) is 21.2. The van der Waals surface area contributed by atoms with Gasteiger partial charge in [0.2, 0.25) is 53.2 Å². The Kier molecular flexibility index (Phi) is 23.6. The molecule has 0 radical (unpaired) electrons. The van der Waals surface area contributed by atoms with Gasteiger partial charge in [-0.1, -0.05) is 48.5 Å². The zero-order chi connectivity index (χ0) is 54.2. The maximum atomic E-state index is 14.5. The van der Waals surface area contributed by atoms with Crippen molar-refractivity contribution in [2.24, 2.45) is 33.7 Å². The Morgan fingerprint density at radius 1 is 0.730 bits per heavy atom. The molecular formula is C48H70N16O10. The lowest BCUT2D eigenvalue weighted by molar-refractivity contribution is -0.136. The van der Waals surface area contributed by atoms with Crippen LogP contribution in [0.1, 0.15) is 75.8 Å². The Morgan fingerprint density at radius 2 is 1.35 bits per heavy atom. The number of carbonyl (C=O) groups is 10. The smallest absolute Gasteiger partial charge is 0.312 e. The molecule has 1 aromatic heterocycles. The fourth-order valence-electron chi connectivity index (χ4n) is 8.12. The fourth-order valence-corrected chi connectivity index (χ4v) is 8.12. The van der Waals surface area contributed by atoms with Gasteiger partial charge >= 0.3 is 6.03 Å². The van der Waals surface area contributed by atoms with Gasteiger partial charge in [-0.05, 0) is 75.1 Å². The van der Waals surface area contributed by atoms with Crippen LogP contribution in [-0.2, 0) is 56.0 Å². The average molecular weight is 1030 g/mol. The van der Waals surface area contributed by atoms with Crippen LogP contribution in [0.2, 0.25) is 0 Å². The number of aromatic nitrogens is 1. The van der Waals surface area contributed by atoms with Crippen molar-refractivity contribution in [2.45, 2.75) is 120 Å². The number of benzene rings is 2. The van der Waals surface area contributed by atoms with Crippen LogP contribution in [0.25, 0.3) is 10.9 Å². The predicted octanol–water partition coefficient (Wildman–Crippen LogP) is -3.61. The number of fused-ring (bicyclic) bond motifs is 1. The molecule has 3 aromatic rings. The molecule has 7 atom stereocenters. The largest absolute Gasteiger partial charge is 0.370 e. The summed E-state index contributed by atoms with van der Waals surface area (Å²) in [6.07, 6.45) is 1.39. The van der Waals surface area contributed by atoms with E-state index in [-0.39, 0.29) is 96.3 Å². The summed E-state index contributed by atoms with van der Waals surface area (Å²) in [6.45, 7) is 1.12. The van der Waals surface area contributed by atoms with Crippen molar-refractivity contribution in [3.8, 4) is 0 Å². The topological polar surface area (TPSA) is 437 Å². The summed E-state index contributed by atoms with van der Waals surface area (Å²) in [5.74, 6) is -7.57. The molecule has 4 rings (SSSR count). The highest BCUT2D eigenvalue weighted by Gasteiger charge is 2.35. The third kappa shape index (κ3) is 19.7. The molecule has 1 aliphatic rings. The number of nitrogens with zero attached hydrogens (tertiary/aromatic N) is 1. The molecule has 7 unspecified atom stereocenters. The first-order chi connectivity index (χ1) is 35.3. The number of guanidine groups is 1. The van der Waals surface area contributed by atoms with Crippen LogP contribution in [0.4, 0.5) is 4.79 Å². The maximum Gasteiger partial charge on any atom is 0.312 e. The van der Waals surface area contributed by atoms with Crippen molar-refractivity contribution in [2.75, 3.05) is 26.2 Å². The van der Waals surface area contributed by atoms with E-state index in [0.29, 0.717) is 11.1 Å². The van der Waals surface area contributed by atoms with E-state index in [1.807, 2.05) is 24.3 Å². The van der Waals surface area contributed by atoms with E-state index in [0.717, 1.165) is 10.9 Å². The standard InChI is InChI=1S/C48H70N16O10/c1-27(65)58-33(16-10-22-56-48(53)74)41(68)64-38-25-39(66)54-20-8-7-15-32(40(50)67)59-45(72)37(24-29-26-57-31-14-6-5-13-30(29)31)63-42(69)34(17-9-21-55-47(51)52)60-44(71)36(23-28-11-3-2-4-12-28)62-43(70)35(18-19-49)61-46(38)73/h2-6,11-14,26,32-38,57H,7-10,15-25,49H2,1H3,(H2,50,67)(H,54,66)(H,58,65)(H,59,72)(H,60,71)(H,61,73)(H,62,70)(H,63,69)(H,64,68)(H4,51,52,55)(H3,53,56,74). The molecular weight excluding hydrogens is 961 g/mol. The molecule has 402 valence electrons. The van der Waals surface area contributed by atoms with Crippen LogP contribution in [0, 0.1) is 0 Å². The van der Waals surface area contributed by atoms with Crippen molar-refractivity contribution in [3.05, 3.63) is 71.9 Å². The number of H-pyrrole nitrogens is 1. The number of aliphatic imine (C=N–C) groups is 1. The van der Waals surface area contributed by atoms with Gasteiger partial charge < -0.3 is 81.5 Å². The first-order valence-corrected chi connectivity index (χ1v) is 24.4. The minimum atomic E-state index is -1.65. The molecule has 1 saturated heterocycles. The van der Waals surface area contributed by atoms with Crippen molar-refractivity contribution in [1.82, 2.24) is 52.8 Å². The fraction of sp³-hybridized carbons (Fsp3) is 0.479. The number of para-hydroxylation sites is 1. The minimum absolute atomic E-state index is 0.00772. The van der Waals surface area contributed by atoms with E-state index >= 15 is 0 Å². The van der Waals surface area contributed by atoms with Crippen molar-refractivity contribution >= 4 is 76.1 Å². The molecule has 0 aliphatic carbocycles. The van der Waals surface area contributed by atoms with Crippen LogP contribution in [0.5, 0.6) is 0 Å². The van der Waals surface area contributed by atoms with Crippen LogP contribution >= 0.6 is 0 Å². The Bertz CT molecular complexity index is 2460. The van der Waals surface area contributed by atoms with E-state index in [2.05, 4.69) is 57.8 Å². The molecule has 74 heavy (non-hydrogen) atoms. The molecule has 26 heteroatoms. The van der Waals surface area contributed by atoms with Gasteiger partial charge in [-0.2, -0.15) is 0 Å². The lowest BCUT2D eigenvalue weighted by atomic mass is 10.0. The van der Waals surface area contributed by atoms with Gasteiger partial charge in [-0.3, -0.25) is 48.1 Å². The SMILES string of the molecule is CC(=O)NC(CCCNC(N)=O)C(=O)NC1CC(=O)NCCCCC(C(N)=O)NC(=O)C(Cc2c[nH]c3ccccc23)NC(=O)C(CCCN=C(N)N)NC(=O)C(Cc2ccccc2)NC(=O)C(CCN)NC1=O. The van der Waals surface area contributed by atoms with Crippen molar-refractivity contribution in [1.29, 1.82) is 0 Å². The number of primary amides is 2. The van der Waals surface area contributed by atoms with E-state index < -0.39 is 108 Å². The highest BCUT2D eigenvalue weighted by Crippen LogP contribution is 2.20. The summed E-state index contributed by atoms with van der Waals surface area (Å²) in [4.78, 5) is 142. The summed E-state index contributed by atoms with van der Waals surface area (Å²) < 4.78 is 0. The minimum Gasteiger partial charge on any atom is -0.370 e. The quantitative estimate of drug-likeness (QED) is 0.0333. The first kappa shape index (κ1) is 58.3. The van der Waals surface area contributed by atoms with Gasteiger partial charge in [-0.15, -0.1) is 0 Å². The van der Waals surface area contributed by atoms with Crippen LogP contribution < -0.4 is 76.5 Å². The van der Waals surface area contributed by atoms with Crippen molar-refractivity contribution < 1.29 is 47.9 Å². The zero-order valence-electron chi connectivity index (χ0n) is 41.3. The second-order valence-corrected chi connectivity index (χ2v) is 17.8. The summed E-state index contributed by atoms with van der Waals surface area (Å²) in [5, 5.41) is 24.2. The summed E-state index contributed by atoms with van der Waals surface area (Å²) >= 11 is 0. The predicted molar refractivity (Wildman–Crippen MR) is 272 cm³/mol. The number of nitrogens with two attached hydrogens (primary N) is 5. The number of rotatable bonds is 18. The van der Waals surface area contributed by atoms with Gasteiger partial charge in [0.1, 0.15) is 42.3 Å². The van der Waals surface area contributed by atoms with Crippen LogP contribution in [0.3, 0.4) is 0 Å². The van der Waals surface area contributed by atoms with Gasteiger partial charge in [0.05, 0.1) is 6.42 Å². The van der Waals surface area contributed by atoms with E-state index in [9.17, 15) is 47.9 Å². The first-order valence-electron chi connectivity index (χ1n) is 24.4. The Labute approximate surface area is 427 Å². The van der Waals surface area contributed by atoms with Crippen LogP contribution in [0.15, 0.2) is 65.8 Å². The van der Waals surface area contributed by atoms with Crippen molar-refractivity contribution in [3.63, 3.8) is 0 Å². The molecule has 1 fully saturated rings. The number of urea groups is 1. The lowest BCUT2D eigenvalue weighted by Gasteiger charge is -2.28. The van der Waals surface area contributed by atoms with Gasteiger partial charge in [0.25, 0.3) is 0 Å². The highest BCUT2D eigenvalue weighted by molar-refractivity contribution is 5.99. The number of aromatic amines is 1.